The fraction of sp³-hybridized carbons (Fsp3) is 0.655. The first-order chi connectivity index (χ1) is 24.4. The highest BCUT2D eigenvalue weighted by atomic mass is 32.2. The van der Waals surface area contributed by atoms with Crippen LogP contribution >= 0.6 is 11.8 Å². The quantitative estimate of drug-likeness (QED) is 0.0212. The molecule has 0 rings (SSSR count). The van der Waals surface area contributed by atoms with Gasteiger partial charge in [0.2, 0.25) is 41.4 Å². The van der Waals surface area contributed by atoms with E-state index >= 15 is 0 Å². The van der Waals surface area contributed by atoms with Crippen molar-refractivity contribution in [2.45, 2.75) is 94.9 Å². The third-order valence-electron chi connectivity index (χ3n) is 7.08. The average Bonchev–Trinajstić information content (AvgIpc) is 3.04. The molecular formula is C29H53N13O9S. The van der Waals surface area contributed by atoms with Gasteiger partial charge in [0.25, 0.3) is 0 Å². The van der Waals surface area contributed by atoms with E-state index in [9.17, 15) is 38.4 Å². The van der Waals surface area contributed by atoms with Gasteiger partial charge in [0, 0.05) is 32.9 Å². The minimum absolute atomic E-state index is 0.0388. The van der Waals surface area contributed by atoms with Crippen molar-refractivity contribution in [3.63, 3.8) is 0 Å². The summed E-state index contributed by atoms with van der Waals surface area (Å²) >= 11 is 1.34. The van der Waals surface area contributed by atoms with Gasteiger partial charge >= 0.3 is 5.97 Å². The number of amides is 7. The van der Waals surface area contributed by atoms with E-state index in [0.717, 1.165) is 0 Å². The maximum Gasteiger partial charge on any atom is 0.303 e. The molecule has 0 aliphatic rings. The number of guanidine groups is 2. The van der Waals surface area contributed by atoms with Crippen LogP contribution in [0.1, 0.15) is 64.7 Å². The first kappa shape index (κ1) is 46.6. The summed E-state index contributed by atoms with van der Waals surface area (Å²) < 4.78 is 0. The molecule has 0 spiro atoms. The predicted molar refractivity (Wildman–Crippen MR) is 193 cm³/mol. The Balaban J connectivity index is 6.26. The monoisotopic (exact) mass is 759 g/mol. The SMILES string of the molecule is CSCC[C@@H](NC(=O)[C@H](CCC(N)=O)NC(=O)[C@H](CCCN=C(N)N)NC(=O)[C@H](CCCN=C(N)N)NC(C)=O)C(=O)N[C@@H](CCC(=O)O)C(N)=O. The minimum atomic E-state index is -1.45. The Morgan fingerprint density at radius 3 is 1.33 bits per heavy atom. The summed E-state index contributed by atoms with van der Waals surface area (Å²) in [4.78, 5) is 108. The minimum Gasteiger partial charge on any atom is -0.481 e. The molecule has 0 unspecified atom stereocenters. The number of aliphatic carboxylic acids is 1. The van der Waals surface area contributed by atoms with Crippen LogP contribution in [0.25, 0.3) is 0 Å². The number of hydrogen-bond acceptors (Lipinski definition) is 11. The van der Waals surface area contributed by atoms with Crippen molar-refractivity contribution < 1.29 is 43.5 Å². The zero-order valence-electron chi connectivity index (χ0n) is 29.4. The lowest BCUT2D eigenvalue weighted by atomic mass is 10.0. The van der Waals surface area contributed by atoms with Crippen LogP contribution in [-0.2, 0) is 38.4 Å². The van der Waals surface area contributed by atoms with E-state index in [0.29, 0.717) is 5.75 Å². The summed E-state index contributed by atoms with van der Waals surface area (Å²) in [6, 6.07) is -6.47. The first-order valence-electron chi connectivity index (χ1n) is 16.3. The second-order valence-corrected chi connectivity index (χ2v) is 12.5. The van der Waals surface area contributed by atoms with Crippen molar-refractivity contribution >= 4 is 71.0 Å². The van der Waals surface area contributed by atoms with Gasteiger partial charge in [0.15, 0.2) is 11.9 Å². The Labute approximate surface area is 305 Å². The Morgan fingerprint density at radius 2 is 0.962 bits per heavy atom. The number of nitrogens with zero attached hydrogens (tertiary/aromatic N) is 2. The third kappa shape index (κ3) is 21.7. The zero-order valence-corrected chi connectivity index (χ0v) is 30.2. The molecule has 0 aromatic heterocycles. The van der Waals surface area contributed by atoms with Crippen LogP contribution in [0.15, 0.2) is 9.98 Å². The van der Waals surface area contributed by atoms with Crippen molar-refractivity contribution in [3.05, 3.63) is 0 Å². The highest BCUT2D eigenvalue weighted by molar-refractivity contribution is 7.98. The van der Waals surface area contributed by atoms with E-state index in [4.69, 9.17) is 39.5 Å². The number of aliphatic imine (C=N–C) groups is 2. The van der Waals surface area contributed by atoms with Gasteiger partial charge in [-0.05, 0) is 57.0 Å². The number of rotatable bonds is 27. The molecule has 294 valence electrons. The first-order valence-corrected chi connectivity index (χ1v) is 17.6. The van der Waals surface area contributed by atoms with Crippen molar-refractivity contribution in [1.29, 1.82) is 0 Å². The molecular weight excluding hydrogens is 706 g/mol. The third-order valence-corrected chi connectivity index (χ3v) is 7.72. The number of thioether (sulfide) groups is 1. The van der Waals surface area contributed by atoms with Gasteiger partial charge in [-0.15, -0.1) is 0 Å². The molecule has 22 nitrogen and oxygen atoms in total. The van der Waals surface area contributed by atoms with Gasteiger partial charge in [-0.1, -0.05) is 0 Å². The lowest BCUT2D eigenvalue weighted by Gasteiger charge is -2.27. The largest absolute Gasteiger partial charge is 0.481 e. The molecule has 0 aliphatic carbocycles. The Kier molecular flexibility index (Phi) is 22.9. The molecule has 0 saturated carbocycles. The van der Waals surface area contributed by atoms with E-state index in [1.54, 1.807) is 6.26 Å². The van der Waals surface area contributed by atoms with Crippen molar-refractivity contribution in [3.8, 4) is 0 Å². The van der Waals surface area contributed by atoms with Gasteiger partial charge in [0.05, 0.1) is 0 Å². The highest BCUT2D eigenvalue weighted by Gasteiger charge is 2.32. The van der Waals surface area contributed by atoms with Gasteiger partial charge in [-0.2, -0.15) is 11.8 Å². The molecule has 52 heavy (non-hydrogen) atoms. The Bertz CT molecular complexity index is 1310. The number of carbonyl (C=O) groups excluding carboxylic acids is 7. The summed E-state index contributed by atoms with van der Waals surface area (Å²) in [5.74, 6) is -6.88. The van der Waals surface area contributed by atoms with E-state index < -0.39 is 83.9 Å². The van der Waals surface area contributed by atoms with E-state index in [-0.39, 0.29) is 76.4 Å². The number of nitrogens with two attached hydrogens (primary N) is 6. The lowest BCUT2D eigenvalue weighted by Crippen LogP contribution is -2.59. The average molecular weight is 760 g/mol. The number of hydrogen-bond donors (Lipinski definition) is 12. The second-order valence-electron chi connectivity index (χ2n) is 11.5. The molecule has 7 amide bonds. The fourth-order valence-corrected chi connectivity index (χ4v) is 4.96. The maximum absolute atomic E-state index is 13.7. The topological polar surface area (TPSA) is 398 Å². The Hall–Kier alpha value is -5.35. The standard InChI is InChI=1S/C29H53N13O9S/c1-15(43)38-17(5-3-12-36-28(32)33)24(48)40-18(6-4-13-37-29(34)35)25(49)41-19(7-9-21(30)44)26(50)42-20(11-14-52-2)27(51)39-16(23(31)47)8-10-22(45)46/h16-20H,3-14H2,1-2H3,(H2,30,44)(H2,31,47)(H,38,43)(H,39,51)(H,40,48)(H,41,49)(H,42,50)(H,45,46)(H4,32,33,36)(H4,34,35,37)/t16-,17-,18-,19-,20+/m0/s1. The molecule has 0 fully saturated rings. The number of carboxylic acids is 1. The molecule has 23 heteroatoms. The number of primary amides is 2. The molecule has 0 saturated heterocycles. The molecule has 5 atom stereocenters. The molecule has 18 N–H and O–H groups in total. The van der Waals surface area contributed by atoms with E-state index in [2.05, 4.69) is 36.6 Å². The van der Waals surface area contributed by atoms with Crippen LogP contribution < -0.4 is 61.0 Å². The van der Waals surface area contributed by atoms with Crippen LogP contribution in [0, 0.1) is 0 Å². The Morgan fingerprint density at radius 1 is 0.577 bits per heavy atom. The zero-order chi connectivity index (χ0) is 39.8. The van der Waals surface area contributed by atoms with Crippen molar-refractivity contribution in [1.82, 2.24) is 26.6 Å². The number of carbonyl (C=O) groups is 8. The maximum atomic E-state index is 13.7. The van der Waals surface area contributed by atoms with Crippen LogP contribution in [0.2, 0.25) is 0 Å². The summed E-state index contributed by atoms with van der Waals surface area (Å²) in [6.45, 7) is 1.44. The van der Waals surface area contributed by atoms with Gasteiger partial charge < -0.3 is 66.1 Å². The summed E-state index contributed by atoms with van der Waals surface area (Å²) in [5, 5.41) is 21.4. The second kappa shape index (κ2) is 25.6. The summed E-state index contributed by atoms with van der Waals surface area (Å²) in [7, 11) is 0. The molecule has 0 aliphatic heterocycles. The molecule has 0 bridgehead atoms. The predicted octanol–water partition coefficient (Wildman–Crippen LogP) is -5.09. The van der Waals surface area contributed by atoms with Gasteiger partial charge in [-0.25, -0.2) is 0 Å². The molecule has 0 aromatic rings. The van der Waals surface area contributed by atoms with Crippen LogP contribution in [0.3, 0.4) is 0 Å². The normalized spacial score (nSPS) is 13.4. The smallest absolute Gasteiger partial charge is 0.303 e. The molecule has 0 aromatic carbocycles. The van der Waals surface area contributed by atoms with Gasteiger partial charge in [0.1, 0.15) is 30.2 Å². The highest BCUT2D eigenvalue weighted by Crippen LogP contribution is 2.08. The fourth-order valence-electron chi connectivity index (χ4n) is 4.49. The van der Waals surface area contributed by atoms with Crippen molar-refractivity contribution in [2.24, 2.45) is 44.4 Å². The lowest BCUT2D eigenvalue weighted by molar-refractivity contribution is -0.138. The van der Waals surface area contributed by atoms with E-state index in [1.807, 2.05) is 0 Å². The number of carboxylic acid groups (broad SMARTS) is 1. The molecule has 0 radical (unpaired) electrons. The van der Waals surface area contributed by atoms with Gasteiger partial charge in [-0.3, -0.25) is 48.3 Å². The summed E-state index contributed by atoms with van der Waals surface area (Å²) in [6.07, 6.45) is 0.896. The van der Waals surface area contributed by atoms with Crippen LogP contribution in [0.5, 0.6) is 0 Å². The summed E-state index contributed by atoms with van der Waals surface area (Å²) in [5.41, 5.74) is 32.1. The number of nitrogens with one attached hydrogen (secondary N) is 5. The van der Waals surface area contributed by atoms with Crippen molar-refractivity contribution in [2.75, 3.05) is 25.1 Å². The van der Waals surface area contributed by atoms with E-state index in [1.165, 1.54) is 18.7 Å². The van der Waals surface area contributed by atoms with Crippen LogP contribution in [-0.4, -0.2) is 120 Å². The molecule has 0 heterocycles. The van der Waals surface area contributed by atoms with Crippen LogP contribution in [0.4, 0.5) is 0 Å².